The lowest BCUT2D eigenvalue weighted by atomic mass is 10.1. The molecule has 0 spiro atoms. The molecule has 0 fully saturated rings. The summed E-state index contributed by atoms with van der Waals surface area (Å²) in [5.41, 5.74) is -0.00350. The quantitative estimate of drug-likeness (QED) is 0.301. The number of aryl methyl sites for hydroxylation is 2. The molecule has 0 saturated heterocycles. The van der Waals surface area contributed by atoms with Gasteiger partial charge in [-0.1, -0.05) is 19.1 Å². The summed E-state index contributed by atoms with van der Waals surface area (Å²) in [6, 6.07) is 10.0. The number of carboxylic acid groups (broad SMARTS) is 2. The van der Waals surface area contributed by atoms with E-state index in [-0.39, 0.29) is 12.5 Å². The van der Waals surface area contributed by atoms with Gasteiger partial charge in [0, 0.05) is 12.0 Å². The Morgan fingerprint density at radius 2 is 1.63 bits per heavy atom. The number of carbonyl (C=O) groups is 2. The Balaban J connectivity index is 0.000000926. The predicted molar refractivity (Wildman–Crippen MR) is 138 cm³/mol. The Morgan fingerprint density at radius 3 is 2.11 bits per heavy atom. The minimum absolute atomic E-state index is 0.222. The Hall–Kier alpha value is -3.60. The van der Waals surface area contributed by atoms with Crippen LogP contribution >= 0.6 is 11.3 Å². The number of aliphatic carboxylic acids is 2. The van der Waals surface area contributed by atoms with Crippen molar-refractivity contribution < 1.29 is 42.4 Å². The fourth-order valence-corrected chi connectivity index (χ4v) is 4.15. The number of benzene rings is 2. The standard InChI is InChI=1S/C24H24F3NO4S.C3H6O2/c1-13-12-18(10-11-19(13)32-23(4,5)22(29)30)31-15(3)20-14(2)28-21(33-20)16-6-8-17(9-7-16)24(25,26)27;1-2-3(4)5/h6-12,15H,1-5H3,(H,29,30);2H2,1H3,(H,4,5)/t15-;/m0./s1. The van der Waals surface area contributed by atoms with Gasteiger partial charge < -0.3 is 19.7 Å². The van der Waals surface area contributed by atoms with Crippen LogP contribution in [0.1, 0.15) is 61.9 Å². The van der Waals surface area contributed by atoms with Crippen LogP contribution in [0.25, 0.3) is 10.6 Å². The van der Waals surface area contributed by atoms with Gasteiger partial charge in [0.05, 0.1) is 16.1 Å². The second kappa shape index (κ2) is 12.3. The van der Waals surface area contributed by atoms with E-state index in [1.807, 2.05) is 13.8 Å². The number of rotatable bonds is 8. The molecule has 0 aliphatic carbocycles. The Labute approximate surface area is 222 Å². The van der Waals surface area contributed by atoms with Crippen molar-refractivity contribution in [1.82, 2.24) is 4.98 Å². The summed E-state index contributed by atoms with van der Waals surface area (Å²) in [6.45, 7) is 10.0. The van der Waals surface area contributed by atoms with Crippen LogP contribution in [-0.4, -0.2) is 32.7 Å². The van der Waals surface area contributed by atoms with Crippen LogP contribution in [0.4, 0.5) is 13.2 Å². The molecule has 2 N–H and O–H groups in total. The Bertz CT molecular complexity index is 1270. The van der Waals surface area contributed by atoms with Gasteiger partial charge in [0.1, 0.15) is 22.6 Å². The van der Waals surface area contributed by atoms with E-state index in [2.05, 4.69) is 4.98 Å². The number of hydrogen-bond acceptors (Lipinski definition) is 6. The molecule has 7 nitrogen and oxygen atoms in total. The number of nitrogens with zero attached hydrogens (tertiary/aromatic N) is 1. The summed E-state index contributed by atoms with van der Waals surface area (Å²) >= 11 is 1.36. The molecule has 1 heterocycles. The topological polar surface area (TPSA) is 106 Å². The molecule has 0 amide bonds. The molecule has 11 heteroatoms. The van der Waals surface area contributed by atoms with Crippen molar-refractivity contribution in [1.29, 1.82) is 0 Å². The van der Waals surface area contributed by atoms with E-state index in [0.717, 1.165) is 28.3 Å². The van der Waals surface area contributed by atoms with E-state index in [4.69, 9.17) is 14.6 Å². The normalized spacial score (nSPS) is 12.2. The SMILES string of the molecule is CCC(=O)O.Cc1cc(O[C@@H](C)c2sc(-c3ccc(C(F)(F)F)cc3)nc2C)ccc1OC(C)(C)C(=O)O. The van der Waals surface area contributed by atoms with Crippen LogP contribution < -0.4 is 9.47 Å². The highest BCUT2D eigenvalue weighted by Crippen LogP contribution is 2.36. The summed E-state index contributed by atoms with van der Waals surface area (Å²) in [5.74, 6) is -0.796. The average Bonchev–Trinajstić information content (AvgIpc) is 3.22. The van der Waals surface area contributed by atoms with Crippen molar-refractivity contribution in [3.8, 4) is 22.1 Å². The van der Waals surface area contributed by atoms with Crippen molar-refractivity contribution in [3.05, 3.63) is 64.2 Å². The van der Waals surface area contributed by atoms with Crippen LogP contribution in [0.2, 0.25) is 0 Å². The minimum Gasteiger partial charge on any atom is -0.485 e. The lowest BCUT2D eigenvalue weighted by Gasteiger charge is -2.23. The van der Waals surface area contributed by atoms with Crippen molar-refractivity contribution in [2.75, 3.05) is 0 Å². The molecule has 3 aromatic rings. The second-order valence-corrected chi connectivity index (χ2v) is 9.93. The molecule has 0 aliphatic heterocycles. The summed E-state index contributed by atoms with van der Waals surface area (Å²) in [4.78, 5) is 26.0. The lowest BCUT2D eigenvalue weighted by molar-refractivity contribution is -0.152. The number of hydrogen-bond donors (Lipinski definition) is 2. The van der Waals surface area contributed by atoms with Gasteiger partial charge in [0.25, 0.3) is 0 Å². The van der Waals surface area contributed by atoms with Crippen LogP contribution in [0.3, 0.4) is 0 Å². The molecule has 0 saturated carbocycles. The van der Waals surface area contributed by atoms with Crippen molar-refractivity contribution in [2.24, 2.45) is 0 Å². The van der Waals surface area contributed by atoms with Crippen molar-refractivity contribution in [2.45, 2.75) is 65.8 Å². The highest BCUT2D eigenvalue weighted by atomic mass is 32.1. The molecule has 38 heavy (non-hydrogen) atoms. The first-order valence-electron chi connectivity index (χ1n) is 11.6. The summed E-state index contributed by atoms with van der Waals surface area (Å²) in [5, 5.41) is 17.6. The number of halogens is 3. The molecule has 2 aromatic carbocycles. The number of ether oxygens (including phenoxy) is 2. The third-order valence-electron chi connectivity index (χ3n) is 5.30. The van der Waals surface area contributed by atoms with E-state index < -0.39 is 29.3 Å². The molecule has 0 unspecified atom stereocenters. The van der Waals surface area contributed by atoms with Crippen molar-refractivity contribution >= 4 is 23.3 Å². The van der Waals surface area contributed by atoms with E-state index >= 15 is 0 Å². The van der Waals surface area contributed by atoms with Gasteiger partial charge in [-0.2, -0.15) is 13.2 Å². The van der Waals surface area contributed by atoms with Gasteiger partial charge in [-0.05, 0) is 70.5 Å². The van der Waals surface area contributed by atoms with Gasteiger partial charge in [-0.15, -0.1) is 11.3 Å². The van der Waals surface area contributed by atoms with Crippen LogP contribution in [0, 0.1) is 13.8 Å². The molecule has 1 aromatic heterocycles. The van der Waals surface area contributed by atoms with Gasteiger partial charge >= 0.3 is 18.1 Å². The smallest absolute Gasteiger partial charge is 0.416 e. The number of carboxylic acids is 2. The lowest BCUT2D eigenvalue weighted by Crippen LogP contribution is -2.38. The van der Waals surface area contributed by atoms with Crippen molar-refractivity contribution in [3.63, 3.8) is 0 Å². The van der Waals surface area contributed by atoms with Crippen LogP contribution in [0.15, 0.2) is 42.5 Å². The third-order valence-corrected chi connectivity index (χ3v) is 6.67. The molecular formula is C27H30F3NO6S. The maximum Gasteiger partial charge on any atom is 0.416 e. The zero-order valence-electron chi connectivity index (χ0n) is 21.8. The number of aromatic nitrogens is 1. The first-order valence-corrected chi connectivity index (χ1v) is 12.4. The molecule has 0 aliphatic rings. The number of alkyl halides is 3. The second-order valence-electron chi connectivity index (χ2n) is 8.90. The Morgan fingerprint density at radius 1 is 1.05 bits per heavy atom. The maximum atomic E-state index is 12.8. The monoisotopic (exact) mass is 553 g/mol. The summed E-state index contributed by atoms with van der Waals surface area (Å²) in [6.07, 6.45) is -4.51. The molecule has 1 atom stereocenters. The molecule has 3 rings (SSSR count). The third kappa shape index (κ3) is 8.20. The molecular weight excluding hydrogens is 523 g/mol. The fraction of sp³-hybridized carbons (Fsp3) is 0.370. The number of thiazole rings is 1. The molecule has 0 bridgehead atoms. The Kier molecular flexibility index (Phi) is 9.91. The molecule has 0 radical (unpaired) electrons. The average molecular weight is 554 g/mol. The first-order chi connectivity index (χ1) is 17.5. The fourth-order valence-electron chi connectivity index (χ4n) is 3.10. The highest BCUT2D eigenvalue weighted by Gasteiger charge is 2.31. The summed E-state index contributed by atoms with van der Waals surface area (Å²) in [7, 11) is 0. The van der Waals surface area contributed by atoms with Gasteiger partial charge in [-0.3, -0.25) is 4.79 Å². The largest absolute Gasteiger partial charge is 0.485 e. The van der Waals surface area contributed by atoms with Crippen LogP contribution in [0.5, 0.6) is 11.5 Å². The van der Waals surface area contributed by atoms with Gasteiger partial charge in [-0.25, -0.2) is 9.78 Å². The van der Waals surface area contributed by atoms with Gasteiger partial charge in [0.2, 0.25) is 0 Å². The van der Waals surface area contributed by atoms with E-state index in [1.54, 1.807) is 32.0 Å². The van der Waals surface area contributed by atoms with Crippen LogP contribution in [-0.2, 0) is 15.8 Å². The molecule has 206 valence electrons. The maximum absolute atomic E-state index is 12.8. The summed E-state index contributed by atoms with van der Waals surface area (Å²) < 4.78 is 50.1. The predicted octanol–water partition coefficient (Wildman–Crippen LogP) is 7.31. The van der Waals surface area contributed by atoms with E-state index in [1.165, 1.54) is 37.3 Å². The van der Waals surface area contributed by atoms with E-state index in [9.17, 15) is 27.9 Å². The first kappa shape index (κ1) is 30.6. The highest BCUT2D eigenvalue weighted by molar-refractivity contribution is 7.15. The van der Waals surface area contributed by atoms with E-state index in [0.29, 0.717) is 22.1 Å². The zero-order valence-corrected chi connectivity index (χ0v) is 22.7. The zero-order chi connectivity index (χ0) is 28.8. The minimum atomic E-state index is -4.38. The van der Waals surface area contributed by atoms with Gasteiger partial charge in [0.15, 0.2) is 5.60 Å².